The number of nitrogens with one attached hydrogen (secondary N) is 1. The van der Waals surface area contributed by atoms with E-state index in [4.69, 9.17) is 9.47 Å². The number of nitrogens with zero attached hydrogens (tertiary/aromatic N) is 2. The minimum atomic E-state index is -4.24. The molecule has 4 rings (SSSR count). The van der Waals surface area contributed by atoms with Crippen LogP contribution in [0.3, 0.4) is 0 Å². The van der Waals surface area contributed by atoms with Crippen molar-refractivity contribution in [3.8, 4) is 11.5 Å². The molecular weight excluding hydrogens is 566 g/mol. The SMILES string of the molecule is COc1ccc(OC)c(N(CC(=O)N(CCc2ccccc2)[C@@H](C)C(=O)NC2CCCC2)S(=O)(=O)c2ccc(C)cc2)c1. The van der Waals surface area contributed by atoms with Crippen molar-refractivity contribution < 1.29 is 27.5 Å². The van der Waals surface area contributed by atoms with E-state index < -0.39 is 28.5 Å². The zero-order valence-electron chi connectivity index (χ0n) is 25.3. The molecule has 0 aromatic heterocycles. The molecule has 1 atom stereocenters. The summed E-state index contributed by atoms with van der Waals surface area (Å²) in [5.74, 6) is -0.101. The monoisotopic (exact) mass is 607 g/mol. The number of hydrogen-bond donors (Lipinski definition) is 1. The number of hydrogen-bond acceptors (Lipinski definition) is 6. The molecule has 0 saturated heterocycles. The Kier molecular flexibility index (Phi) is 10.7. The van der Waals surface area contributed by atoms with Gasteiger partial charge in [0.1, 0.15) is 24.1 Å². The third kappa shape index (κ3) is 7.87. The Hall–Kier alpha value is -4.05. The maximum absolute atomic E-state index is 14.2. The number of carbonyl (C=O) groups is 2. The van der Waals surface area contributed by atoms with Gasteiger partial charge in [0.15, 0.2) is 0 Å². The Morgan fingerprint density at radius 3 is 2.26 bits per heavy atom. The van der Waals surface area contributed by atoms with Gasteiger partial charge in [-0.1, -0.05) is 60.9 Å². The van der Waals surface area contributed by atoms with Gasteiger partial charge in [0.25, 0.3) is 10.0 Å². The number of benzene rings is 3. The summed E-state index contributed by atoms with van der Waals surface area (Å²) in [6.45, 7) is 3.24. The standard InChI is InChI=1S/C33H41N3O6S/c1-24-14-17-29(18-15-24)43(39,40)36(30-22-28(41-3)16-19-31(30)42-4)23-32(37)35(21-20-26-10-6-5-7-11-26)25(2)33(38)34-27-12-8-9-13-27/h5-7,10-11,14-19,22,25,27H,8-9,12-13,20-21,23H2,1-4H3,(H,34,38)/t25-/m0/s1. The summed E-state index contributed by atoms with van der Waals surface area (Å²) in [6.07, 6.45) is 4.44. The molecule has 230 valence electrons. The molecule has 0 bridgehead atoms. The fourth-order valence-corrected chi connectivity index (χ4v) is 6.72. The minimum Gasteiger partial charge on any atom is -0.497 e. The molecule has 1 aliphatic rings. The Morgan fingerprint density at radius 1 is 0.953 bits per heavy atom. The quantitative estimate of drug-likeness (QED) is 0.301. The fraction of sp³-hybridized carbons (Fsp3) is 0.394. The molecule has 0 unspecified atom stereocenters. The van der Waals surface area contributed by atoms with E-state index in [9.17, 15) is 18.0 Å². The van der Waals surface area contributed by atoms with Crippen LogP contribution in [-0.2, 0) is 26.0 Å². The Labute approximate surface area is 254 Å². The number of amides is 2. The number of rotatable bonds is 13. The molecule has 0 heterocycles. The van der Waals surface area contributed by atoms with Gasteiger partial charge in [0.05, 0.1) is 24.8 Å². The minimum absolute atomic E-state index is 0.0265. The molecule has 0 aliphatic heterocycles. The van der Waals surface area contributed by atoms with E-state index in [0.717, 1.165) is 41.1 Å². The lowest BCUT2D eigenvalue weighted by atomic mass is 10.1. The van der Waals surface area contributed by atoms with Crippen LogP contribution in [0.2, 0.25) is 0 Å². The molecular formula is C33H41N3O6S. The van der Waals surface area contributed by atoms with Crippen molar-refractivity contribution in [2.75, 3.05) is 31.6 Å². The second kappa shape index (κ2) is 14.4. The van der Waals surface area contributed by atoms with Crippen molar-refractivity contribution in [3.05, 3.63) is 83.9 Å². The largest absolute Gasteiger partial charge is 0.497 e. The Balaban J connectivity index is 1.71. The maximum Gasteiger partial charge on any atom is 0.264 e. The van der Waals surface area contributed by atoms with Gasteiger partial charge in [-0.2, -0.15) is 0 Å². The van der Waals surface area contributed by atoms with E-state index >= 15 is 0 Å². The third-order valence-electron chi connectivity index (χ3n) is 7.90. The predicted octanol–water partition coefficient (Wildman–Crippen LogP) is 4.73. The van der Waals surface area contributed by atoms with Crippen molar-refractivity contribution in [3.63, 3.8) is 0 Å². The summed E-state index contributed by atoms with van der Waals surface area (Å²) in [5.41, 5.74) is 2.05. The number of aryl methyl sites for hydroxylation is 1. The van der Waals surface area contributed by atoms with E-state index in [1.54, 1.807) is 31.2 Å². The van der Waals surface area contributed by atoms with Gasteiger partial charge < -0.3 is 19.7 Å². The van der Waals surface area contributed by atoms with Crippen molar-refractivity contribution >= 4 is 27.5 Å². The summed E-state index contributed by atoms with van der Waals surface area (Å²) in [7, 11) is -1.33. The van der Waals surface area contributed by atoms with Gasteiger partial charge in [0, 0.05) is 18.7 Å². The Bertz CT molecular complexity index is 1490. The average Bonchev–Trinajstić information content (AvgIpc) is 3.53. The van der Waals surface area contributed by atoms with Crippen LogP contribution in [-0.4, -0.2) is 64.5 Å². The van der Waals surface area contributed by atoms with Gasteiger partial charge in [-0.3, -0.25) is 13.9 Å². The molecule has 0 radical (unpaired) electrons. The topological polar surface area (TPSA) is 105 Å². The summed E-state index contributed by atoms with van der Waals surface area (Å²) < 4.78 is 40.3. The van der Waals surface area contributed by atoms with E-state index in [-0.39, 0.29) is 34.8 Å². The highest BCUT2D eigenvalue weighted by atomic mass is 32.2. The predicted molar refractivity (Wildman–Crippen MR) is 167 cm³/mol. The lowest BCUT2D eigenvalue weighted by Gasteiger charge is -2.33. The van der Waals surface area contributed by atoms with Crippen molar-refractivity contribution in [1.82, 2.24) is 10.2 Å². The van der Waals surface area contributed by atoms with Gasteiger partial charge >= 0.3 is 0 Å². The van der Waals surface area contributed by atoms with Crippen molar-refractivity contribution in [2.45, 2.75) is 62.9 Å². The molecule has 1 saturated carbocycles. The lowest BCUT2D eigenvalue weighted by molar-refractivity contribution is -0.139. The third-order valence-corrected chi connectivity index (χ3v) is 9.67. The van der Waals surface area contributed by atoms with Crippen LogP contribution in [0.15, 0.2) is 77.7 Å². The van der Waals surface area contributed by atoms with Gasteiger partial charge in [-0.25, -0.2) is 8.42 Å². The molecule has 3 aromatic rings. The van der Waals surface area contributed by atoms with Crippen molar-refractivity contribution in [1.29, 1.82) is 0 Å². The van der Waals surface area contributed by atoms with Crippen LogP contribution in [0.1, 0.15) is 43.7 Å². The number of anilines is 1. The van der Waals surface area contributed by atoms with Gasteiger partial charge in [-0.15, -0.1) is 0 Å². The first-order chi connectivity index (χ1) is 20.6. The molecule has 0 spiro atoms. The molecule has 10 heteroatoms. The average molecular weight is 608 g/mol. The van der Waals surface area contributed by atoms with Crippen LogP contribution in [0.25, 0.3) is 0 Å². The first kappa shape index (κ1) is 31.9. The summed E-state index contributed by atoms with van der Waals surface area (Å²) >= 11 is 0. The van der Waals surface area contributed by atoms with E-state index in [1.807, 2.05) is 37.3 Å². The smallest absolute Gasteiger partial charge is 0.264 e. The molecule has 1 aliphatic carbocycles. The second-order valence-electron chi connectivity index (χ2n) is 10.9. The summed E-state index contributed by atoms with van der Waals surface area (Å²) in [4.78, 5) is 29.1. The molecule has 1 N–H and O–H groups in total. The van der Waals surface area contributed by atoms with Crippen LogP contribution in [0, 0.1) is 6.92 Å². The van der Waals surface area contributed by atoms with Gasteiger partial charge in [0.2, 0.25) is 11.8 Å². The summed E-state index contributed by atoms with van der Waals surface area (Å²) in [5, 5.41) is 3.09. The second-order valence-corrected chi connectivity index (χ2v) is 12.7. The van der Waals surface area contributed by atoms with E-state index in [1.165, 1.54) is 37.3 Å². The van der Waals surface area contributed by atoms with Crippen LogP contribution in [0.5, 0.6) is 11.5 Å². The highest BCUT2D eigenvalue weighted by Gasteiger charge is 2.34. The normalized spacial score (nSPS) is 14.1. The maximum atomic E-state index is 14.2. The highest BCUT2D eigenvalue weighted by molar-refractivity contribution is 7.92. The van der Waals surface area contributed by atoms with E-state index in [0.29, 0.717) is 12.2 Å². The molecule has 9 nitrogen and oxygen atoms in total. The number of methoxy groups -OCH3 is 2. The molecule has 1 fully saturated rings. The molecule has 3 aromatic carbocycles. The fourth-order valence-electron chi connectivity index (χ4n) is 5.30. The highest BCUT2D eigenvalue weighted by Crippen LogP contribution is 2.36. The number of carbonyl (C=O) groups excluding carboxylic acids is 2. The summed E-state index contributed by atoms with van der Waals surface area (Å²) in [6, 6.07) is 20.2. The van der Waals surface area contributed by atoms with E-state index in [2.05, 4.69) is 5.32 Å². The van der Waals surface area contributed by atoms with Crippen LogP contribution >= 0.6 is 0 Å². The zero-order chi connectivity index (χ0) is 31.0. The zero-order valence-corrected chi connectivity index (χ0v) is 26.1. The first-order valence-corrected chi connectivity index (χ1v) is 16.0. The van der Waals surface area contributed by atoms with Crippen LogP contribution < -0.4 is 19.1 Å². The first-order valence-electron chi connectivity index (χ1n) is 14.6. The number of ether oxygens (including phenoxy) is 2. The van der Waals surface area contributed by atoms with Crippen molar-refractivity contribution in [2.24, 2.45) is 0 Å². The van der Waals surface area contributed by atoms with Crippen LogP contribution in [0.4, 0.5) is 5.69 Å². The van der Waals surface area contributed by atoms with Gasteiger partial charge in [-0.05, 0) is 62.9 Å². The number of sulfonamides is 1. The lowest BCUT2D eigenvalue weighted by Crippen LogP contribution is -2.53. The Morgan fingerprint density at radius 2 is 1.63 bits per heavy atom. The molecule has 2 amide bonds. The molecule has 43 heavy (non-hydrogen) atoms.